The number of benzene rings is 1. The van der Waals surface area contributed by atoms with Gasteiger partial charge in [0.25, 0.3) is 11.8 Å². The van der Waals surface area contributed by atoms with E-state index in [0.29, 0.717) is 16.9 Å². The third-order valence-electron chi connectivity index (χ3n) is 5.79. The predicted molar refractivity (Wildman–Crippen MR) is 124 cm³/mol. The van der Waals surface area contributed by atoms with E-state index >= 15 is 0 Å². The molecule has 0 radical (unpaired) electrons. The number of nitrogens with one attached hydrogen (secondary N) is 2. The average Bonchev–Trinajstić information content (AvgIpc) is 3.50. The molecule has 0 spiro atoms. The minimum Gasteiger partial charge on any atom is -0.380 e. The van der Waals surface area contributed by atoms with Crippen molar-refractivity contribution >= 4 is 34.0 Å². The molecule has 0 aliphatic carbocycles. The van der Waals surface area contributed by atoms with E-state index in [2.05, 4.69) is 25.4 Å². The number of anilines is 2. The molecule has 2 fully saturated rings. The van der Waals surface area contributed by atoms with Crippen LogP contribution in [0, 0.1) is 0 Å². The van der Waals surface area contributed by atoms with E-state index in [-0.39, 0.29) is 17.9 Å². The van der Waals surface area contributed by atoms with Gasteiger partial charge in [-0.3, -0.25) is 14.5 Å². The minimum atomic E-state index is -0.332. The molecule has 2 aliphatic heterocycles. The second kappa shape index (κ2) is 10.4. The number of hydrogen-bond acceptors (Lipinski definition) is 8. The van der Waals surface area contributed by atoms with E-state index in [1.165, 1.54) is 11.3 Å². The molecule has 2 aromatic rings. The number of rotatable bonds is 7. The number of hydrogen-bond donors (Lipinski definition) is 2. The first kappa shape index (κ1) is 22.7. The van der Waals surface area contributed by atoms with Crippen molar-refractivity contribution < 1.29 is 19.1 Å². The number of amides is 2. The highest BCUT2D eigenvalue weighted by atomic mass is 32.1. The molecule has 1 aromatic carbocycles. The SMILES string of the molecule is CNC(=O)c1cc(CN2CCOCC2)ccc1NC(=O)c1csc(N2CC[C@H](OC)C2)n1. The number of morpholine rings is 1. The van der Waals surface area contributed by atoms with Gasteiger partial charge in [-0.15, -0.1) is 11.3 Å². The molecule has 3 heterocycles. The lowest BCUT2D eigenvalue weighted by molar-refractivity contribution is 0.0342. The molecule has 10 heteroatoms. The molecule has 0 saturated carbocycles. The summed E-state index contributed by atoms with van der Waals surface area (Å²) in [7, 11) is 3.30. The molecule has 172 valence electrons. The Morgan fingerprint density at radius 1 is 1.25 bits per heavy atom. The molecule has 2 N–H and O–H groups in total. The lowest BCUT2D eigenvalue weighted by Gasteiger charge is -2.26. The van der Waals surface area contributed by atoms with Gasteiger partial charge >= 0.3 is 0 Å². The molecular weight excluding hydrogens is 430 g/mol. The largest absolute Gasteiger partial charge is 0.380 e. The van der Waals surface area contributed by atoms with Crippen molar-refractivity contribution in [2.75, 3.05) is 63.8 Å². The molecule has 0 bridgehead atoms. The normalized spacial score (nSPS) is 19.2. The van der Waals surface area contributed by atoms with Crippen LogP contribution in [0.1, 0.15) is 32.8 Å². The second-order valence-corrected chi connectivity index (χ2v) is 8.75. The Hall–Kier alpha value is -2.53. The maximum Gasteiger partial charge on any atom is 0.275 e. The highest BCUT2D eigenvalue weighted by molar-refractivity contribution is 7.14. The fourth-order valence-electron chi connectivity index (χ4n) is 3.93. The average molecular weight is 460 g/mol. The van der Waals surface area contributed by atoms with Crippen LogP contribution in [0.2, 0.25) is 0 Å². The second-order valence-electron chi connectivity index (χ2n) is 7.91. The van der Waals surface area contributed by atoms with Gasteiger partial charge in [-0.1, -0.05) is 6.07 Å². The van der Waals surface area contributed by atoms with Gasteiger partial charge in [0.1, 0.15) is 5.69 Å². The van der Waals surface area contributed by atoms with Gasteiger partial charge in [-0.2, -0.15) is 0 Å². The Morgan fingerprint density at radius 3 is 2.78 bits per heavy atom. The molecule has 2 amide bonds. The number of ether oxygens (including phenoxy) is 2. The lowest BCUT2D eigenvalue weighted by Crippen LogP contribution is -2.35. The number of methoxy groups -OCH3 is 1. The highest BCUT2D eigenvalue weighted by Gasteiger charge is 2.25. The van der Waals surface area contributed by atoms with Crippen molar-refractivity contribution in [2.24, 2.45) is 0 Å². The van der Waals surface area contributed by atoms with Crippen molar-refractivity contribution in [3.63, 3.8) is 0 Å². The number of aromatic nitrogens is 1. The van der Waals surface area contributed by atoms with Crippen LogP contribution in [-0.2, 0) is 16.0 Å². The topological polar surface area (TPSA) is 96.0 Å². The molecule has 1 atom stereocenters. The highest BCUT2D eigenvalue weighted by Crippen LogP contribution is 2.26. The van der Waals surface area contributed by atoms with Crippen molar-refractivity contribution in [1.82, 2.24) is 15.2 Å². The van der Waals surface area contributed by atoms with Crippen LogP contribution in [0.3, 0.4) is 0 Å². The Morgan fingerprint density at radius 2 is 2.06 bits per heavy atom. The first-order valence-corrected chi connectivity index (χ1v) is 11.6. The lowest BCUT2D eigenvalue weighted by atomic mass is 10.1. The van der Waals surface area contributed by atoms with E-state index in [1.807, 2.05) is 12.1 Å². The van der Waals surface area contributed by atoms with Crippen LogP contribution in [0.15, 0.2) is 23.6 Å². The van der Waals surface area contributed by atoms with Crippen LogP contribution < -0.4 is 15.5 Å². The zero-order chi connectivity index (χ0) is 22.5. The summed E-state index contributed by atoms with van der Waals surface area (Å²) >= 11 is 1.44. The Labute approximate surface area is 191 Å². The Kier molecular flexibility index (Phi) is 7.36. The standard InChI is InChI=1S/C22H29N5O4S/c1-23-20(28)17-11-15(12-26-7-9-31-10-8-26)3-4-18(17)24-21(29)19-14-32-22(25-19)27-6-5-16(13-27)30-2/h3-4,11,14,16H,5-10,12-13H2,1-2H3,(H,23,28)(H,24,29)/t16-/m0/s1. The smallest absolute Gasteiger partial charge is 0.275 e. The fourth-order valence-corrected chi connectivity index (χ4v) is 4.78. The summed E-state index contributed by atoms with van der Waals surface area (Å²) in [5, 5.41) is 8.08. The van der Waals surface area contributed by atoms with Crippen molar-refractivity contribution in [2.45, 2.75) is 19.1 Å². The summed E-state index contributed by atoms with van der Waals surface area (Å²) in [6.45, 7) is 5.53. The van der Waals surface area contributed by atoms with Gasteiger partial charge in [0, 0.05) is 52.3 Å². The van der Waals surface area contributed by atoms with E-state index in [4.69, 9.17) is 9.47 Å². The predicted octanol–water partition coefficient (Wildman–Crippen LogP) is 1.81. The summed E-state index contributed by atoms with van der Waals surface area (Å²) in [6.07, 6.45) is 1.14. The summed E-state index contributed by atoms with van der Waals surface area (Å²) in [5.74, 6) is -0.577. The number of carbonyl (C=O) groups excluding carboxylic acids is 2. The Bertz CT molecular complexity index is 960. The van der Waals surface area contributed by atoms with Gasteiger partial charge in [-0.25, -0.2) is 4.98 Å². The van der Waals surface area contributed by atoms with E-state index in [0.717, 1.165) is 63.1 Å². The molecule has 2 aliphatic rings. The van der Waals surface area contributed by atoms with Crippen LogP contribution in [0.4, 0.5) is 10.8 Å². The Balaban J connectivity index is 1.46. The molecule has 4 rings (SSSR count). The van der Waals surface area contributed by atoms with E-state index in [9.17, 15) is 9.59 Å². The van der Waals surface area contributed by atoms with Crippen LogP contribution in [0.25, 0.3) is 0 Å². The summed E-state index contributed by atoms with van der Waals surface area (Å²) < 4.78 is 10.8. The first-order valence-electron chi connectivity index (χ1n) is 10.8. The van der Waals surface area contributed by atoms with Crippen LogP contribution >= 0.6 is 11.3 Å². The van der Waals surface area contributed by atoms with E-state index in [1.54, 1.807) is 25.6 Å². The maximum absolute atomic E-state index is 12.9. The number of carbonyl (C=O) groups is 2. The quantitative estimate of drug-likeness (QED) is 0.652. The number of thiazole rings is 1. The van der Waals surface area contributed by atoms with Crippen LogP contribution in [-0.4, -0.2) is 81.4 Å². The van der Waals surface area contributed by atoms with Gasteiger partial charge < -0.3 is 25.0 Å². The zero-order valence-corrected chi connectivity index (χ0v) is 19.2. The molecule has 2 saturated heterocycles. The molecule has 32 heavy (non-hydrogen) atoms. The number of nitrogens with zero attached hydrogens (tertiary/aromatic N) is 3. The monoisotopic (exact) mass is 459 g/mol. The third-order valence-corrected chi connectivity index (χ3v) is 6.69. The van der Waals surface area contributed by atoms with Gasteiger partial charge in [0.2, 0.25) is 0 Å². The fraction of sp³-hybridized carbons (Fsp3) is 0.500. The first-order chi connectivity index (χ1) is 15.6. The summed E-state index contributed by atoms with van der Waals surface area (Å²) in [5.41, 5.74) is 2.26. The molecule has 1 aromatic heterocycles. The van der Waals surface area contributed by atoms with Gasteiger partial charge in [0.05, 0.1) is 30.6 Å². The molecular formula is C22H29N5O4S. The molecule has 0 unspecified atom stereocenters. The minimum absolute atomic E-state index is 0.197. The van der Waals surface area contributed by atoms with E-state index < -0.39 is 0 Å². The maximum atomic E-state index is 12.9. The summed E-state index contributed by atoms with van der Waals surface area (Å²) in [6, 6.07) is 5.57. The van der Waals surface area contributed by atoms with Gasteiger partial charge in [-0.05, 0) is 24.1 Å². The van der Waals surface area contributed by atoms with Crippen molar-refractivity contribution in [3.05, 3.63) is 40.4 Å². The zero-order valence-electron chi connectivity index (χ0n) is 18.4. The van der Waals surface area contributed by atoms with Crippen molar-refractivity contribution in [3.8, 4) is 0 Å². The third kappa shape index (κ3) is 5.26. The summed E-state index contributed by atoms with van der Waals surface area (Å²) in [4.78, 5) is 34.3. The van der Waals surface area contributed by atoms with Crippen LogP contribution in [0.5, 0.6) is 0 Å². The van der Waals surface area contributed by atoms with Crippen molar-refractivity contribution in [1.29, 1.82) is 0 Å². The molecule has 9 nitrogen and oxygen atoms in total. The van der Waals surface area contributed by atoms with Gasteiger partial charge in [0.15, 0.2) is 5.13 Å².